The summed E-state index contributed by atoms with van der Waals surface area (Å²) in [6.07, 6.45) is 0. The highest BCUT2D eigenvalue weighted by molar-refractivity contribution is 9.10. The van der Waals surface area contributed by atoms with Crippen molar-refractivity contribution in [3.63, 3.8) is 0 Å². The van der Waals surface area contributed by atoms with Crippen molar-refractivity contribution in [2.45, 2.75) is 26.3 Å². The van der Waals surface area contributed by atoms with Gasteiger partial charge in [0.1, 0.15) is 9.57 Å². The van der Waals surface area contributed by atoms with Gasteiger partial charge in [0.15, 0.2) is 0 Å². The molecule has 2 aromatic carbocycles. The summed E-state index contributed by atoms with van der Waals surface area (Å²) in [4.78, 5) is 16.7. The Bertz CT molecular complexity index is 1130. The normalized spacial score (nSPS) is 14.4. The van der Waals surface area contributed by atoms with Gasteiger partial charge in [-0.05, 0) is 67.0 Å². The summed E-state index contributed by atoms with van der Waals surface area (Å²) in [6, 6.07) is 13.4. The maximum atomic E-state index is 13.7. The second-order valence-corrected chi connectivity index (χ2v) is 10.6. The lowest BCUT2D eigenvalue weighted by atomic mass is 9.86. The molecule has 3 aromatic rings. The van der Waals surface area contributed by atoms with Gasteiger partial charge in [-0.3, -0.25) is 9.69 Å². The minimum atomic E-state index is -0.514. The Labute approximate surface area is 185 Å². The van der Waals surface area contributed by atoms with E-state index in [2.05, 4.69) is 29.8 Å². The minimum absolute atomic E-state index is 0.0437. The Hall–Kier alpha value is -1.54. The Kier molecular flexibility index (Phi) is 5.20. The first-order valence-corrected chi connectivity index (χ1v) is 12.2. The summed E-state index contributed by atoms with van der Waals surface area (Å²) < 4.78 is 7.36. The molecule has 1 aromatic heterocycles. The van der Waals surface area contributed by atoms with E-state index in [0.717, 1.165) is 35.7 Å². The number of benzene rings is 2. The third kappa shape index (κ3) is 3.05. The van der Waals surface area contributed by atoms with Crippen LogP contribution in [0.25, 0.3) is 11.1 Å². The fourth-order valence-electron chi connectivity index (χ4n) is 3.58. The van der Waals surface area contributed by atoms with Crippen LogP contribution in [0.2, 0.25) is 0 Å². The molecule has 2 heterocycles. The van der Waals surface area contributed by atoms with E-state index >= 15 is 0 Å². The van der Waals surface area contributed by atoms with Crippen molar-refractivity contribution >= 4 is 60.4 Å². The number of carbonyl (C=O) groups is 1. The number of carbonyl (C=O) groups excluding carboxylic acids is 1. The molecule has 0 unspecified atom stereocenters. The molecule has 7 heteroatoms. The van der Waals surface area contributed by atoms with E-state index in [-0.39, 0.29) is 5.91 Å². The fraction of sp³-hybridized carbons (Fsp3) is 0.238. The van der Waals surface area contributed by atoms with Crippen molar-refractivity contribution in [3.8, 4) is 16.9 Å². The highest BCUT2D eigenvalue weighted by Gasteiger charge is 2.43. The molecule has 0 fully saturated rings. The third-order valence-corrected chi connectivity index (χ3v) is 8.86. The molecular formula is C21H18BrNO2S3. The largest absolute Gasteiger partial charge is 0.494 e. The number of anilines is 1. The Morgan fingerprint density at radius 3 is 2.68 bits per heavy atom. The molecular weight excluding hydrogens is 474 g/mol. The van der Waals surface area contributed by atoms with Gasteiger partial charge in [0, 0.05) is 15.6 Å². The van der Waals surface area contributed by atoms with Gasteiger partial charge in [0.25, 0.3) is 5.91 Å². The number of amides is 1. The predicted octanol–water partition coefficient (Wildman–Crippen LogP) is 7.26. The third-order valence-electron chi connectivity index (χ3n) is 4.84. The first-order chi connectivity index (χ1) is 13.4. The zero-order valence-corrected chi connectivity index (χ0v) is 19.7. The van der Waals surface area contributed by atoms with Crippen LogP contribution in [0.3, 0.4) is 0 Å². The van der Waals surface area contributed by atoms with Gasteiger partial charge < -0.3 is 4.74 Å². The summed E-state index contributed by atoms with van der Waals surface area (Å²) in [6.45, 7) is 6.71. The number of rotatable bonds is 3. The lowest BCUT2D eigenvalue weighted by Gasteiger charge is -2.43. The molecule has 1 amide bonds. The first-order valence-electron chi connectivity index (χ1n) is 8.86. The van der Waals surface area contributed by atoms with E-state index < -0.39 is 5.54 Å². The smallest absolute Gasteiger partial charge is 0.260 e. The number of fused-ring (bicyclic) bond motifs is 3. The van der Waals surface area contributed by atoms with E-state index in [0.29, 0.717) is 12.2 Å². The standard InChI is InChI=1S/C21H18BrNO2S3/c1-4-25-12-9-10-16-14(11-12)17-18(27-28-20(17)26)21(2,3)23(16)19(24)13-7-5-6-8-15(13)22/h5-11H,4H2,1-3H3. The average molecular weight is 492 g/mol. The molecule has 4 rings (SSSR count). The maximum absolute atomic E-state index is 13.7. The highest BCUT2D eigenvalue weighted by Crippen LogP contribution is 2.53. The second-order valence-electron chi connectivity index (χ2n) is 6.95. The van der Waals surface area contributed by atoms with Crippen molar-refractivity contribution in [2.75, 3.05) is 11.5 Å². The van der Waals surface area contributed by atoms with Gasteiger partial charge in [0.05, 0.1) is 28.3 Å². The summed E-state index contributed by atoms with van der Waals surface area (Å²) in [5.41, 5.74) is 3.00. The van der Waals surface area contributed by atoms with Crippen molar-refractivity contribution in [1.29, 1.82) is 0 Å². The number of nitrogens with zero attached hydrogens (tertiary/aromatic N) is 1. The lowest BCUT2D eigenvalue weighted by molar-refractivity contribution is 0.0961. The molecule has 28 heavy (non-hydrogen) atoms. The van der Waals surface area contributed by atoms with Crippen LogP contribution in [-0.4, -0.2) is 12.5 Å². The number of hydrogen-bond acceptors (Lipinski definition) is 5. The molecule has 1 aliphatic rings. The molecule has 0 saturated heterocycles. The lowest BCUT2D eigenvalue weighted by Crippen LogP contribution is -2.47. The van der Waals surface area contributed by atoms with Gasteiger partial charge in [-0.2, -0.15) is 0 Å². The van der Waals surface area contributed by atoms with Crippen LogP contribution in [0.15, 0.2) is 46.9 Å². The predicted molar refractivity (Wildman–Crippen MR) is 124 cm³/mol. The summed E-state index contributed by atoms with van der Waals surface area (Å²) in [5.74, 6) is 0.739. The maximum Gasteiger partial charge on any atom is 0.260 e. The van der Waals surface area contributed by atoms with Crippen molar-refractivity contribution < 1.29 is 9.53 Å². The summed E-state index contributed by atoms with van der Waals surface area (Å²) in [5, 5.41) is 0. The van der Waals surface area contributed by atoms with Crippen LogP contribution < -0.4 is 9.64 Å². The molecule has 0 atom stereocenters. The summed E-state index contributed by atoms with van der Waals surface area (Å²) >= 11 is 9.18. The van der Waals surface area contributed by atoms with Crippen molar-refractivity contribution in [3.05, 3.63) is 61.2 Å². The summed E-state index contributed by atoms with van der Waals surface area (Å²) in [7, 11) is 3.24. The van der Waals surface area contributed by atoms with Crippen molar-refractivity contribution in [2.24, 2.45) is 0 Å². The van der Waals surface area contributed by atoms with Gasteiger partial charge in [-0.15, -0.1) is 0 Å². The van der Waals surface area contributed by atoms with Crippen LogP contribution in [0.5, 0.6) is 5.75 Å². The van der Waals surface area contributed by atoms with E-state index in [1.807, 2.05) is 54.3 Å². The highest BCUT2D eigenvalue weighted by atomic mass is 79.9. The Balaban J connectivity index is 1.97. The van der Waals surface area contributed by atoms with E-state index in [4.69, 9.17) is 17.0 Å². The second kappa shape index (κ2) is 7.37. The van der Waals surface area contributed by atoms with Gasteiger partial charge in [0.2, 0.25) is 0 Å². The first kappa shape index (κ1) is 19.8. The van der Waals surface area contributed by atoms with E-state index in [1.165, 1.54) is 0 Å². The fourth-order valence-corrected chi connectivity index (χ4v) is 7.32. The van der Waals surface area contributed by atoms with Gasteiger partial charge in [-0.25, -0.2) is 0 Å². The molecule has 0 bridgehead atoms. The minimum Gasteiger partial charge on any atom is -0.494 e. The zero-order chi connectivity index (χ0) is 20.1. The zero-order valence-electron chi connectivity index (χ0n) is 15.6. The van der Waals surface area contributed by atoms with E-state index in [9.17, 15) is 4.79 Å². The van der Waals surface area contributed by atoms with E-state index in [1.54, 1.807) is 20.7 Å². The molecule has 0 N–H and O–H groups in total. The monoisotopic (exact) mass is 491 g/mol. The molecule has 0 saturated carbocycles. The topological polar surface area (TPSA) is 29.5 Å². The van der Waals surface area contributed by atoms with Gasteiger partial charge >= 0.3 is 0 Å². The number of hydrogen-bond donors (Lipinski definition) is 0. The quantitative estimate of drug-likeness (QED) is 0.285. The van der Waals surface area contributed by atoms with Crippen LogP contribution in [0, 0.1) is 3.82 Å². The average Bonchev–Trinajstić information content (AvgIpc) is 3.05. The molecule has 0 spiro atoms. The number of ether oxygens (including phenoxy) is 1. The van der Waals surface area contributed by atoms with Crippen molar-refractivity contribution in [1.82, 2.24) is 0 Å². The molecule has 144 valence electrons. The van der Waals surface area contributed by atoms with Crippen LogP contribution in [0.1, 0.15) is 36.0 Å². The van der Waals surface area contributed by atoms with Crippen LogP contribution >= 0.6 is 48.8 Å². The van der Waals surface area contributed by atoms with Crippen LogP contribution in [-0.2, 0) is 5.54 Å². The molecule has 1 aliphatic heterocycles. The van der Waals surface area contributed by atoms with Gasteiger partial charge in [-0.1, -0.05) is 45.0 Å². The number of halogens is 1. The molecule has 3 nitrogen and oxygen atoms in total. The Morgan fingerprint density at radius 2 is 1.96 bits per heavy atom. The SMILES string of the molecule is CCOc1ccc2c(c1)-c1c(ssc1=S)C(C)(C)N2C(=O)c1ccccc1Br. The molecule has 0 radical (unpaired) electrons. The molecule has 0 aliphatic carbocycles. The Morgan fingerprint density at radius 1 is 1.21 bits per heavy atom. The van der Waals surface area contributed by atoms with Crippen LogP contribution in [0.4, 0.5) is 5.69 Å².